The molecule has 0 aliphatic heterocycles. The molecule has 1 aromatic heterocycles. The molecule has 0 fully saturated rings. The van der Waals surface area contributed by atoms with E-state index < -0.39 is 0 Å². The van der Waals surface area contributed by atoms with Crippen LogP contribution in [0, 0.1) is 6.92 Å². The van der Waals surface area contributed by atoms with Crippen molar-refractivity contribution in [3.8, 4) is 11.4 Å². The van der Waals surface area contributed by atoms with E-state index in [-0.39, 0.29) is 12.5 Å². The van der Waals surface area contributed by atoms with E-state index in [1.165, 1.54) is 0 Å². The smallest absolute Gasteiger partial charge is 0.254 e. The molecule has 3 aromatic rings. The van der Waals surface area contributed by atoms with Gasteiger partial charge in [-0.1, -0.05) is 54.6 Å². The Bertz CT molecular complexity index is 878. The highest BCUT2D eigenvalue weighted by Crippen LogP contribution is 2.15. The fraction of sp³-hybridized carbons (Fsp3) is 0.190. The molecular weight excluding hydrogens is 326 g/mol. The number of aromatic nitrogens is 2. The van der Waals surface area contributed by atoms with Gasteiger partial charge in [-0.05, 0) is 24.5 Å². The molecule has 0 aliphatic rings. The summed E-state index contributed by atoms with van der Waals surface area (Å²) in [6, 6.07) is 17.4. The van der Waals surface area contributed by atoms with E-state index in [1.54, 1.807) is 6.20 Å². The molecular formula is C21H21N3O2. The van der Waals surface area contributed by atoms with E-state index >= 15 is 0 Å². The van der Waals surface area contributed by atoms with Gasteiger partial charge in [-0.15, -0.1) is 0 Å². The quantitative estimate of drug-likeness (QED) is 0.719. The average molecular weight is 347 g/mol. The van der Waals surface area contributed by atoms with Crippen LogP contribution in [0.4, 0.5) is 0 Å². The van der Waals surface area contributed by atoms with Crippen molar-refractivity contribution in [2.45, 2.75) is 20.0 Å². The second-order valence-electron chi connectivity index (χ2n) is 6.04. The first-order chi connectivity index (χ1) is 12.7. The maximum atomic E-state index is 12.4. The normalized spacial score (nSPS) is 10.5. The number of carbonyl (C=O) groups is 1. The Labute approximate surface area is 152 Å². The van der Waals surface area contributed by atoms with E-state index in [0.717, 1.165) is 23.1 Å². The first-order valence-electron chi connectivity index (χ1n) is 8.53. The van der Waals surface area contributed by atoms with E-state index in [9.17, 15) is 4.79 Å². The van der Waals surface area contributed by atoms with Crippen molar-refractivity contribution in [1.82, 2.24) is 15.3 Å². The maximum Gasteiger partial charge on any atom is 0.254 e. The topological polar surface area (TPSA) is 75.1 Å². The van der Waals surface area contributed by atoms with E-state index in [2.05, 4.69) is 15.3 Å². The van der Waals surface area contributed by atoms with Crippen LogP contribution in [0.25, 0.3) is 11.4 Å². The summed E-state index contributed by atoms with van der Waals surface area (Å²) in [5.41, 5.74) is 4.05. The lowest BCUT2D eigenvalue weighted by molar-refractivity contribution is 0.0952. The van der Waals surface area contributed by atoms with Crippen molar-refractivity contribution >= 4 is 5.91 Å². The number of benzene rings is 2. The van der Waals surface area contributed by atoms with Gasteiger partial charge < -0.3 is 10.4 Å². The summed E-state index contributed by atoms with van der Waals surface area (Å²) >= 11 is 0. The molecule has 0 saturated heterocycles. The fourth-order valence-electron chi connectivity index (χ4n) is 2.64. The van der Waals surface area contributed by atoms with Crippen LogP contribution in [0.5, 0.6) is 0 Å². The number of hydrogen-bond donors (Lipinski definition) is 2. The summed E-state index contributed by atoms with van der Waals surface area (Å²) in [5.74, 6) is 0.442. The lowest BCUT2D eigenvalue weighted by Gasteiger charge is -2.09. The van der Waals surface area contributed by atoms with Crippen LogP contribution in [-0.4, -0.2) is 27.5 Å². The third kappa shape index (κ3) is 4.32. The molecule has 3 rings (SSSR count). The molecule has 5 nitrogen and oxygen atoms in total. The molecule has 0 bridgehead atoms. The minimum absolute atomic E-state index is 0.0370. The van der Waals surface area contributed by atoms with Crippen LogP contribution < -0.4 is 5.32 Å². The van der Waals surface area contributed by atoms with Gasteiger partial charge in [0.05, 0.1) is 17.9 Å². The van der Waals surface area contributed by atoms with Gasteiger partial charge in [-0.25, -0.2) is 9.97 Å². The molecule has 1 heterocycles. The number of aliphatic hydroxyl groups excluding tert-OH is 1. The molecule has 26 heavy (non-hydrogen) atoms. The summed E-state index contributed by atoms with van der Waals surface area (Å²) in [4.78, 5) is 21.2. The zero-order valence-corrected chi connectivity index (χ0v) is 14.6. The zero-order chi connectivity index (χ0) is 18.4. The number of amides is 1. The Morgan fingerprint density at radius 3 is 2.38 bits per heavy atom. The van der Waals surface area contributed by atoms with Crippen molar-refractivity contribution in [1.29, 1.82) is 0 Å². The SMILES string of the molecule is Cc1nc(-c2ccccc2)ncc1C(=O)NCCc1ccc(CO)cc1. The number of hydrogen-bond acceptors (Lipinski definition) is 4. The number of aryl methyl sites for hydroxylation is 1. The predicted molar refractivity (Wildman–Crippen MR) is 101 cm³/mol. The van der Waals surface area contributed by atoms with Crippen LogP contribution >= 0.6 is 0 Å². The van der Waals surface area contributed by atoms with Crippen molar-refractivity contribution in [3.63, 3.8) is 0 Å². The summed E-state index contributed by atoms with van der Waals surface area (Å²) in [6.07, 6.45) is 2.30. The minimum atomic E-state index is -0.172. The van der Waals surface area contributed by atoms with Crippen molar-refractivity contribution in [2.24, 2.45) is 0 Å². The molecule has 0 atom stereocenters. The van der Waals surface area contributed by atoms with Crippen LogP contribution in [-0.2, 0) is 13.0 Å². The lowest BCUT2D eigenvalue weighted by Crippen LogP contribution is -2.27. The monoisotopic (exact) mass is 347 g/mol. The Morgan fingerprint density at radius 1 is 1.04 bits per heavy atom. The second-order valence-corrected chi connectivity index (χ2v) is 6.04. The van der Waals surface area contributed by atoms with Crippen LogP contribution in [0.2, 0.25) is 0 Å². The first kappa shape index (κ1) is 17.8. The largest absolute Gasteiger partial charge is 0.392 e. The molecule has 132 valence electrons. The highest BCUT2D eigenvalue weighted by Gasteiger charge is 2.12. The number of nitrogens with one attached hydrogen (secondary N) is 1. The molecule has 2 N–H and O–H groups in total. The van der Waals surface area contributed by atoms with E-state index in [4.69, 9.17) is 5.11 Å². The van der Waals surface area contributed by atoms with Gasteiger partial charge in [-0.3, -0.25) is 4.79 Å². The van der Waals surface area contributed by atoms with Crippen molar-refractivity contribution in [2.75, 3.05) is 6.54 Å². The Balaban J connectivity index is 1.60. The molecule has 0 spiro atoms. The molecule has 2 aromatic carbocycles. The van der Waals surface area contributed by atoms with Gasteiger partial charge in [0, 0.05) is 18.3 Å². The summed E-state index contributed by atoms with van der Waals surface area (Å²) in [6.45, 7) is 2.38. The third-order valence-electron chi connectivity index (χ3n) is 4.16. The van der Waals surface area contributed by atoms with Gasteiger partial charge >= 0.3 is 0 Å². The first-order valence-corrected chi connectivity index (χ1v) is 8.53. The zero-order valence-electron chi connectivity index (χ0n) is 14.6. The summed E-state index contributed by atoms with van der Waals surface area (Å²) in [5, 5.41) is 12.0. The van der Waals surface area contributed by atoms with Crippen molar-refractivity contribution in [3.05, 3.63) is 83.2 Å². The van der Waals surface area contributed by atoms with E-state index in [1.807, 2.05) is 61.5 Å². The predicted octanol–water partition coefficient (Wildman–Crippen LogP) is 2.92. The average Bonchev–Trinajstić information content (AvgIpc) is 2.69. The third-order valence-corrected chi connectivity index (χ3v) is 4.16. The minimum Gasteiger partial charge on any atom is -0.392 e. The highest BCUT2D eigenvalue weighted by molar-refractivity contribution is 5.95. The number of nitrogens with zero attached hydrogens (tertiary/aromatic N) is 2. The lowest BCUT2D eigenvalue weighted by atomic mass is 10.1. The van der Waals surface area contributed by atoms with Gasteiger partial charge in [0.2, 0.25) is 0 Å². The van der Waals surface area contributed by atoms with Gasteiger partial charge in [0.15, 0.2) is 5.82 Å². The van der Waals surface area contributed by atoms with Gasteiger partial charge in [-0.2, -0.15) is 0 Å². The highest BCUT2D eigenvalue weighted by atomic mass is 16.3. The number of rotatable bonds is 6. The standard InChI is InChI=1S/C21H21N3O2/c1-15-19(13-23-20(24-15)18-5-3-2-4-6-18)21(26)22-12-11-16-7-9-17(14-25)10-8-16/h2-10,13,25H,11-12,14H2,1H3,(H,22,26). The van der Waals surface area contributed by atoms with Crippen LogP contribution in [0.1, 0.15) is 27.2 Å². The summed E-state index contributed by atoms with van der Waals surface area (Å²) in [7, 11) is 0. The molecule has 0 saturated carbocycles. The van der Waals surface area contributed by atoms with Crippen LogP contribution in [0.15, 0.2) is 60.8 Å². The van der Waals surface area contributed by atoms with E-state index in [0.29, 0.717) is 23.6 Å². The fourth-order valence-corrected chi connectivity index (χ4v) is 2.64. The molecule has 0 radical (unpaired) electrons. The Morgan fingerprint density at radius 2 is 1.73 bits per heavy atom. The molecule has 0 aliphatic carbocycles. The van der Waals surface area contributed by atoms with Crippen molar-refractivity contribution < 1.29 is 9.90 Å². The van der Waals surface area contributed by atoms with Gasteiger partial charge in [0.25, 0.3) is 5.91 Å². The summed E-state index contributed by atoms with van der Waals surface area (Å²) < 4.78 is 0. The number of aliphatic hydroxyl groups is 1. The number of carbonyl (C=O) groups excluding carboxylic acids is 1. The Kier molecular flexibility index (Phi) is 5.71. The van der Waals surface area contributed by atoms with Gasteiger partial charge in [0.1, 0.15) is 0 Å². The van der Waals surface area contributed by atoms with Crippen LogP contribution in [0.3, 0.4) is 0 Å². The Hall–Kier alpha value is -3.05. The second kappa shape index (κ2) is 8.36. The molecule has 1 amide bonds. The maximum absolute atomic E-state index is 12.4. The molecule has 0 unspecified atom stereocenters. The molecule has 5 heteroatoms.